The second-order valence-electron chi connectivity index (χ2n) is 5.72. The van der Waals surface area contributed by atoms with Gasteiger partial charge in [0.05, 0.1) is 11.0 Å². The van der Waals surface area contributed by atoms with Gasteiger partial charge in [0, 0.05) is 25.6 Å². The molecule has 0 saturated heterocycles. The molecule has 110 valence electrons. The van der Waals surface area contributed by atoms with Crippen LogP contribution in [0.15, 0.2) is 18.2 Å². The van der Waals surface area contributed by atoms with E-state index in [1.54, 1.807) is 0 Å². The lowest BCUT2D eigenvalue weighted by Crippen LogP contribution is -2.25. The monoisotopic (exact) mass is 273 g/mol. The topological polar surface area (TPSA) is 29.9 Å². The number of hydrogen-bond donors (Lipinski definition) is 1. The largest absolute Gasteiger partial charge is 0.328 e. The highest BCUT2D eigenvalue weighted by atomic mass is 15.1. The predicted molar refractivity (Wildman–Crippen MR) is 86.2 cm³/mol. The maximum atomic E-state index is 4.86. The first-order valence-electron chi connectivity index (χ1n) is 7.87. The molecule has 0 aliphatic rings. The molecule has 0 bridgehead atoms. The minimum absolute atomic E-state index is 0.533. The molecule has 0 amide bonds. The van der Waals surface area contributed by atoms with Crippen molar-refractivity contribution in [2.75, 3.05) is 6.54 Å². The van der Waals surface area contributed by atoms with E-state index in [2.05, 4.69) is 55.8 Å². The standard InChI is InChI=1S/C17H27N3/c1-5-11-20-16-8-7-14(6-2)12-15(16)19-17(20)9-10-18-13(3)4/h7-8,12-13,18H,5-6,9-11H2,1-4H3. The maximum Gasteiger partial charge on any atom is 0.111 e. The van der Waals surface area contributed by atoms with Gasteiger partial charge < -0.3 is 9.88 Å². The van der Waals surface area contributed by atoms with E-state index in [0.717, 1.165) is 37.9 Å². The maximum absolute atomic E-state index is 4.86. The SMILES string of the molecule is CCCn1c(CCNC(C)C)nc2cc(CC)ccc21. The van der Waals surface area contributed by atoms with Crippen LogP contribution in [0.25, 0.3) is 11.0 Å². The third-order valence-electron chi connectivity index (χ3n) is 3.65. The summed E-state index contributed by atoms with van der Waals surface area (Å²) in [6.07, 6.45) is 3.21. The molecule has 1 aromatic carbocycles. The Kier molecular flexibility index (Phi) is 5.18. The van der Waals surface area contributed by atoms with E-state index in [4.69, 9.17) is 4.98 Å². The molecule has 2 aromatic rings. The minimum Gasteiger partial charge on any atom is -0.328 e. The van der Waals surface area contributed by atoms with Crippen LogP contribution in [-0.2, 0) is 19.4 Å². The van der Waals surface area contributed by atoms with Crippen molar-refractivity contribution in [3.8, 4) is 0 Å². The summed E-state index contributed by atoms with van der Waals surface area (Å²) in [5, 5.41) is 3.48. The first-order valence-corrected chi connectivity index (χ1v) is 7.87. The Bertz CT molecular complexity index is 555. The fraction of sp³-hybridized carbons (Fsp3) is 0.588. The molecule has 0 aliphatic carbocycles. The first-order chi connectivity index (χ1) is 9.65. The molecular weight excluding hydrogens is 246 g/mol. The van der Waals surface area contributed by atoms with E-state index in [-0.39, 0.29) is 0 Å². The van der Waals surface area contributed by atoms with Gasteiger partial charge in [-0.1, -0.05) is 33.8 Å². The number of nitrogens with one attached hydrogen (secondary N) is 1. The summed E-state index contributed by atoms with van der Waals surface area (Å²) < 4.78 is 2.39. The number of aromatic nitrogens is 2. The average Bonchev–Trinajstić information content (AvgIpc) is 2.76. The minimum atomic E-state index is 0.533. The van der Waals surface area contributed by atoms with Crippen molar-refractivity contribution in [1.29, 1.82) is 0 Å². The zero-order valence-electron chi connectivity index (χ0n) is 13.2. The van der Waals surface area contributed by atoms with Crippen LogP contribution >= 0.6 is 0 Å². The summed E-state index contributed by atoms with van der Waals surface area (Å²) in [7, 11) is 0. The van der Waals surface area contributed by atoms with Crippen LogP contribution in [0.1, 0.15) is 45.5 Å². The Morgan fingerprint density at radius 1 is 1.25 bits per heavy atom. The number of fused-ring (bicyclic) bond motifs is 1. The van der Waals surface area contributed by atoms with Crippen LogP contribution in [0.4, 0.5) is 0 Å². The Hall–Kier alpha value is -1.35. The van der Waals surface area contributed by atoms with Crippen molar-refractivity contribution < 1.29 is 0 Å². The fourth-order valence-electron chi connectivity index (χ4n) is 2.58. The van der Waals surface area contributed by atoms with Gasteiger partial charge in [-0.25, -0.2) is 4.98 Å². The van der Waals surface area contributed by atoms with Crippen LogP contribution in [0.3, 0.4) is 0 Å². The van der Waals surface area contributed by atoms with E-state index < -0.39 is 0 Å². The van der Waals surface area contributed by atoms with E-state index in [1.165, 1.54) is 16.9 Å². The van der Waals surface area contributed by atoms with Gasteiger partial charge in [-0.3, -0.25) is 0 Å². The molecule has 1 heterocycles. The summed E-state index contributed by atoms with van der Waals surface area (Å²) in [5.74, 6) is 1.21. The number of imidazole rings is 1. The molecule has 1 N–H and O–H groups in total. The van der Waals surface area contributed by atoms with Crippen molar-refractivity contribution in [2.24, 2.45) is 0 Å². The van der Waals surface area contributed by atoms with Crippen molar-refractivity contribution >= 4 is 11.0 Å². The quantitative estimate of drug-likeness (QED) is 0.836. The van der Waals surface area contributed by atoms with Gasteiger partial charge in [0.15, 0.2) is 0 Å². The highest BCUT2D eigenvalue weighted by Gasteiger charge is 2.10. The fourth-order valence-corrected chi connectivity index (χ4v) is 2.58. The van der Waals surface area contributed by atoms with Crippen LogP contribution in [0.5, 0.6) is 0 Å². The number of aryl methyl sites for hydroxylation is 2. The van der Waals surface area contributed by atoms with Crippen molar-refractivity contribution in [3.05, 3.63) is 29.6 Å². The molecule has 3 heteroatoms. The van der Waals surface area contributed by atoms with E-state index in [1.807, 2.05) is 0 Å². The zero-order valence-corrected chi connectivity index (χ0v) is 13.2. The number of nitrogens with zero attached hydrogens (tertiary/aromatic N) is 2. The van der Waals surface area contributed by atoms with Crippen molar-refractivity contribution in [2.45, 2.75) is 59.5 Å². The summed E-state index contributed by atoms with van der Waals surface area (Å²) in [5.41, 5.74) is 3.80. The molecule has 0 spiro atoms. The van der Waals surface area contributed by atoms with Gasteiger partial charge in [-0.2, -0.15) is 0 Å². The molecular formula is C17H27N3. The Labute approximate surface area is 122 Å². The molecule has 0 radical (unpaired) electrons. The molecule has 0 unspecified atom stereocenters. The van der Waals surface area contributed by atoms with Gasteiger partial charge in [-0.15, -0.1) is 0 Å². The Balaban J connectivity index is 2.29. The van der Waals surface area contributed by atoms with E-state index in [0.29, 0.717) is 6.04 Å². The molecule has 0 fully saturated rings. The number of benzene rings is 1. The van der Waals surface area contributed by atoms with E-state index in [9.17, 15) is 0 Å². The Morgan fingerprint density at radius 2 is 2.05 bits per heavy atom. The summed E-state index contributed by atoms with van der Waals surface area (Å²) in [4.78, 5) is 4.86. The van der Waals surface area contributed by atoms with Gasteiger partial charge >= 0.3 is 0 Å². The highest BCUT2D eigenvalue weighted by Crippen LogP contribution is 2.19. The van der Waals surface area contributed by atoms with Crippen molar-refractivity contribution in [1.82, 2.24) is 14.9 Å². The van der Waals surface area contributed by atoms with Gasteiger partial charge in [0.1, 0.15) is 5.82 Å². The molecule has 0 atom stereocenters. The zero-order chi connectivity index (χ0) is 14.5. The molecule has 0 saturated carbocycles. The van der Waals surface area contributed by atoms with Crippen molar-refractivity contribution in [3.63, 3.8) is 0 Å². The predicted octanol–water partition coefficient (Wildman–Crippen LogP) is 3.55. The smallest absolute Gasteiger partial charge is 0.111 e. The normalized spacial score (nSPS) is 11.7. The molecule has 20 heavy (non-hydrogen) atoms. The van der Waals surface area contributed by atoms with E-state index >= 15 is 0 Å². The van der Waals surface area contributed by atoms with Gasteiger partial charge in [0.25, 0.3) is 0 Å². The molecule has 3 nitrogen and oxygen atoms in total. The second kappa shape index (κ2) is 6.89. The second-order valence-corrected chi connectivity index (χ2v) is 5.72. The number of hydrogen-bond acceptors (Lipinski definition) is 2. The lowest BCUT2D eigenvalue weighted by molar-refractivity contribution is 0.567. The summed E-state index contributed by atoms with van der Waals surface area (Å²) >= 11 is 0. The summed E-state index contributed by atoms with van der Waals surface area (Å²) in [6.45, 7) is 10.8. The molecule has 0 aliphatic heterocycles. The lowest BCUT2D eigenvalue weighted by Gasteiger charge is -2.10. The van der Waals surface area contributed by atoms with Gasteiger partial charge in [0.2, 0.25) is 0 Å². The third-order valence-corrected chi connectivity index (χ3v) is 3.65. The summed E-state index contributed by atoms with van der Waals surface area (Å²) in [6, 6.07) is 7.23. The lowest BCUT2D eigenvalue weighted by atomic mass is 10.1. The first kappa shape index (κ1) is 15.0. The van der Waals surface area contributed by atoms with Crippen LogP contribution in [0.2, 0.25) is 0 Å². The number of rotatable bonds is 7. The van der Waals surface area contributed by atoms with Crippen LogP contribution < -0.4 is 5.32 Å². The third kappa shape index (κ3) is 3.40. The Morgan fingerprint density at radius 3 is 2.70 bits per heavy atom. The molecule has 2 rings (SSSR count). The van der Waals surface area contributed by atoms with Crippen LogP contribution in [-0.4, -0.2) is 22.1 Å². The van der Waals surface area contributed by atoms with Gasteiger partial charge in [-0.05, 0) is 30.5 Å². The van der Waals surface area contributed by atoms with Crippen LogP contribution in [0, 0.1) is 0 Å². The average molecular weight is 273 g/mol. The highest BCUT2D eigenvalue weighted by molar-refractivity contribution is 5.77. The molecule has 1 aromatic heterocycles.